The molecule has 0 saturated carbocycles. The van der Waals surface area contributed by atoms with E-state index < -0.39 is 5.54 Å². The van der Waals surface area contributed by atoms with Gasteiger partial charge in [-0.2, -0.15) is 0 Å². The molecule has 0 aromatic heterocycles. The Labute approximate surface area is 199 Å². The minimum absolute atomic E-state index is 0.0679. The SMILES string of the molecule is COCCCN1C(=O)N(Cc2ccccc2)C(=O)C12CCN(Cc1ccc(O)c(Cl)c1)CC2. The molecule has 0 aliphatic carbocycles. The van der Waals surface area contributed by atoms with Crippen molar-refractivity contribution in [3.63, 3.8) is 0 Å². The van der Waals surface area contributed by atoms with Crippen LogP contribution >= 0.6 is 11.6 Å². The fourth-order valence-electron chi connectivity index (χ4n) is 4.84. The van der Waals surface area contributed by atoms with Crippen LogP contribution in [-0.2, 0) is 22.6 Å². The lowest BCUT2D eigenvalue weighted by atomic mass is 9.85. The fourth-order valence-corrected chi connectivity index (χ4v) is 5.04. The van der Waals surface area contributed by atoms with Gasteiger partial charge in [-0.05, 0) is 42.5 Å². The van der Waals surface area contributed by atoms with Gasteiger partial charge >= 0.3 is 6.03 Å². The van der Waals surface area contributed by atoms with Crippen molar-refractivity contribution < 1.29 is 19.4 Å². The molecule has 0 bridgehead atoms. The lowest BCUT2D eigenvalue weighted by Crippen LogP contribution is -2.56. The lowest BCUT2D eigenvalue weighted by Gasteiger charge is -2.42. The molecule has 0 atom stereocenters. The van der Waals surface area contributed by atoms with Crippen molar-refractivity contribution in [2.24, 2.45) is 0 Å². The van der Waals surface area contributed by atoms with Crippen molar-refractivity contribution in [1.29, 1.82) is 0 Å². The fraction of sp³-hybridized carbons (Fsp3) is 0.440. The van der Waals surface area contributed by atoms with Gasteiger partial charge in [0.15, 0.2) is 0 Å². The molecule has 2 aromatic rings. The second kappa shape index (κ2) is 10.1. The summed E-state index contributed by atoms with van der Waals surface area (Å²) in [4.78, 5) is 32.5. The number of nitrogens with zero attached hydrogens (tertiary/aromatic N) is 3. The molecule has 2 aliphatic rings. The number of likely N-dealkylation sites (tertiary alicyclic amines) is 1. The van der Waals surface area contributed by atoms with Crippen LogP contribution in [0.1, 0.15) is 30.4 Å². The highest BCUT2D eigenvalue weighted by Crippen LogP contribution is 2.38. The molecule has 2 saturated heterocycles. The number of aromatic hydroxyl groups is 1. The number of methoxy groups -OCH3 is 1. The number of urea groups is 1. The summed E-state index contributed by atoms with van der Waals surface area (Å²) in [6, 6.07) is 14.6. The van der Waals surface area contributed by atoms with Crippen LogP contribution in [0.25, 0.3) is 0 Å². The molecule has 3 amide bonds. The predicted octanol–water partition coefficient (Wildman–Crippen LogP) is 3.88. The van der Waals surface area contributed by atoms with E-state index in [0.29, 0.717) is 57.1 Å². The zero-order valence-corrected chi connectivity index (χ0v) is 19.6. The summed E-state index contributed by atoms with van der Waals surface area (Å²) < 4.78 is 5.19. The minimum atomic E-state index is -0.803. The number of hydrogen-bond acceptors (Lipinski definition) is 5. The standard InChI is InChI=1S/C25H30ClN3O4/c1-33-15-5-12-29-24(32)28(18-19-6-3-2-4-7-19)23(31)25(29)10-13-27(14-11-25)17-20-8-9-22(30)21(26)16-20/h2-4,6-9,16,30H,5,10-15,17-18H2,1H3. The second-order valence-electron chi connectivity index (χ2n) is 8.75. The van der Waals surface area contributed by atoms with E-state index in [2.05, 4.69) is 4.90 Å². The first-order valence-electron chi connectivity index (χ1n) is 11.3. The third-order valence-corrected chi connectivity index (χ3v) is 6.94. The molecule has 2 aliphatic heterocycles. The first-order valence-corrected chi connectivity index (χ1v) is 11.7. The van der Waals surface area contributed by atoms with Gasteiger partial charge in [-0.15, -0.1) is 0 Å². The van der Waals surface area contributed by atoms with E-state index in [4.69, 9.17) is 16.3 Å². The molecule has 1 spiro atoms. The average molecular weight is 472 g/mol. The Balaban J connectivity index is 1.49. The van der Waals surface area contributed by atoms with Gasteiger partial charge in [0, 0.05) is 39.9 Å². The molecular weight excluding hydrogens is 442 g/mol. The van der Waals surface area contributed by atoms with Crippen molar-refractivity contribution in [3.8, 4) is 5.75 Å². The maximum atomic E-state index is 13.7. The molecule has 4 rings (SSSR count). The Bertz CT molecular complexity index is 992. The Hall–Kier alpha value is -2.61. The van der Waals surface area contributed by atoms with Crippen LogP contribution in [0, 0.1) is 0 Å². The van der Waals surface area contributed by atoms with E-state index >= 15 is 0 Å². The molecule has 2 aromatic carbocycles. The van der Waals surface area contributed by atoms with Crippen molar-refractivity contribution in [2.75, 3.05) is 33.4 Å². The van der Waals surface area contributed by atoms with Crippen LogP contribution in [0.4, 0.5) is 4.79 Å². The normalized spacial score (nSPS) is 18.5. The van der Waals surface area contributed by atoms with Crippen LogP contribution in [0.3, 0.4) is 0 Å². The Morgan fingerprint density at radius 3 is 2.42 bits per heavy atom. The monoisotopic (exact) mass is 471 g/mol. The second-order valence-corrected chi connectivity index (χ2v) is 9.16. The summed E-state index contributed by atoms with van der Waals surface area (Å²) in [7, 11) is 1.64. The van der Waals surface area contributed by atoms with Crippen LogP contribution in [0.5, 0.6) is 5.75 Å². The molecule has 33 heavy (non-hydrogen) atoms. The number of imide groups is 1. The van der Waals surface area contributed by atoms with Gasteiger partial charge < -0.3 is 14.7 Å². The van der Waals surface area contributed by atoms with E-state index in [1.165, 1.54) is 4.90 Å². The third kappa shape index (κ3) is 4.86. The molecule has 2 fully saturated rings. The minimum Gasteiger partial charge on any atom is -0.506 e. The number of piperidine rings is 1. The number of benzene rings is 2. The number of rotatable bonds is 8. The van der Waals surface area contributed by atoms with Crippen molar-refractivity contribution >= 4 is 23.5 Å². The Kier molecular flexibility index (Phi) is 7.22. The van der Waals surface area contributed by atoms with Crippen LogP contribution in [0.2, 0.25) is 5.02 Å². The summed E-state index contributed by atoms with van der Waals surface area (Å²) in [5.74, 6) is -0.0283. The number of hydrogen-bond donors (Lipinski definition) is 1. The predicted molar refractivity (Wildman–Crippen MR) is 126 cm³/mol. The van der Waals surface area contributed by atoms with Gasteiger partial charge in [-0.3, -0.25) is 14.6 Å². The summed E-state index contributed by atoms with van der Waals surface area (Å²) in [5, 5.41) is 9.99. The van der Waals surface area contributed by atoms with E-state index in [9.17, 15) is 14.7 Å². The first-order chi connectivity index (χ1) is 15.9. The van der Waals surface area contributed by atoms with Crippen molar-refractivity contribution in [1.82, 2.24) is 14.7 Å². The van der Waals surface area contributed by atoms with Gasteiger partial charge in [0.05, 0.1) is 11.6 Å². The first kappa shape index (κ1) is 23.5. The van der Waals surface area contributed by atoms with Crippen LogP contribution < -0.4 is 0 Å². The zero-order valence-electron chi connectivity index (χ0n) is 18.9. The molecule has 0 unspecified atom stereocenters. The van der Waals surface area contributed by atoms with E-state index in [1.807, 2.05) is 36.4 Å². The Morgan fingerprint density at radius 2 is 1.76 bits per heavy atom. The summed E-state index contributed by atoms with van der Waals surface area (Å²) in [5.41, 5.74) is 1.14. The molecule has 1 N–H and O–H groups in total. The van der Waals surface area contributed by atoms with E-state index in [0.717, 1.165) is 11.1 Å². The highest BCUT2D eigenvalue weighted by atomic mass is 35.5. The van der Waals surface area contributed by atoms with Gasteiger partial charge in [0.2, 0.25) is 0 Å². The molecular formula is C25H30ClN3O4. The smallest absolute Gasteiger partial charge is 0.327 e. The maximum Gasteiger partial charge on any atom is 0.327 e. The lowest BCUT2D eigenvalue weighted by molar-refractivity contribution is -0.136. The van der Waals surface area contributed by atoms with Gasteiger partial charge in [-0.1, -0.05) is 48.0 Å². The van der Waals surface area contributed by atoms with Crippen LogP contribution in [-0.4, -0.2) is 70.6 Å². The molecule has 7 nitrogen and oxygen atoms in total. The topological polar surface area (TPSA) is 73.3 Å². The Morgan fingerprint density at radius 1 is 1.03 bits per heavy atom. The number of amides is 3. The number of phenols is 1. The van der Waals surface area contributed by atoms with E-state index in [1.54, 1.807) is 24.1 Å². The van der Waals surface area contributed by atoms with Crippen LogP contribution in [0.15, 0.2) is 48.5 Å². The van der Waals surface area contributed by atoms with Gasteiger partial charge in [0.25, 0.3) is 5.91 Å². The number of phenolic OH excluding ortho intramolecular Hbond substituents is 1. The molecule has 0 radical (unpaired) electrons. The van der Waals surface area contributed by atoms with Crippen molar-refractivity contribution in [3.05, 3.63) is 64.7 Å². The van der Waals surface area contributed by atoms with E-state index in [-0.39, 0.29) is 24.2 Å². The van der Waals surface area contributed by atoms with Gasteiger partial charge in [-0.25, -0.2) is 4.79 Å². The third-order valence-electron chi connectivity index (χ3n) is 6.64. The average Bonchev–Trinajstić information content (AvgIpc) is 3.00. The number of ether oxygens (including phenoxy) is 1. The summed E-state index contributed by atoms with van der Waals surface area (Å²) in [6.45, 7) is 3.39. The molecule has 176 valence electrons. The number of carbonyl (C=O) groups excluding carboxylic acids is 2. The highest BCUT2D eigenvalue weighted by molar-refractivity contribution is 6.32. The quantitative estimate of drug-likeness (QED) is 0.467. The van der Waals surface area contributed by atoms with Gasteiger partial charge in [0.1, 0.15) is 11.3 Å². The maximum absolute atomic E-state index is 13.7. The largest absolute Gasteiger partial charge is 0.506 e. The van der Waals surface area contributed by atoms with Crippen molar-refractivity contribution in [2.45, 2.75) is 37.9 Å². The summed E-state index contributed by atoms with van der Waals surface area (Å²) in [6.07, 6.45) is 1.86. The number of carbonyl (C=O) groups is 2. The summed E-state index contributed by atoms with van der Waals surface area (Å²) >= 11 is 6.05. The number of halogens is 1. The highest BCUT2D eigenvalue weighted by Gasteiger charge is 2.57. The molecule has 8 heteroatoms. The molecule has 2 heterocycles. The zero-order chi connectivity index (χ0) is 23.4.